The minimum atomic E-state index is -0.375. The number of ether oxygens (including phenoxy) is 1. The molecule has 110 valence electrons. The number of aliphatic hydroxyl groups excluding tert-OH is 3. The Kier molecular flexibility index (Phi) is 61.3. The molecule has 0 aliphatic heterocycles. The number of carbonyl (C=O) groups excluding carboxylic acids is 1. The van der Waals surface area contributed by atoms with Gasteiger partial charge in [0.15, 0.2) is 0 Å². The Balaban J connectivity index is -0.0000000477. The molecule has 0 unspecified atom stereocenters. The zero-order valence-electron chi connectivity index (χ0n) is 11.9. The molecule has 0 aromatic rings. The molecular formula is C12H27O5Ti-. The number of hydrogen-bond acceptors (Lipinski definition) is 5. The number of carbonyl (C=O) groups is 1. The zero-order chi connectivity index (χ0) is 14.7. The molecule has 0 saturated heterocycles. The van der Waals surface area contributed by atoms with Crippen molar-refractivity contribution in [3.8, 4) is 0 Å². The van der Waals surface area contributed by atoms with Gasteiger partial charge in [-0.25, -0.2) is 4.79 Å². The van der Waals surface area contributed by atoms with E-state index < -0.39 is 0 Å². The van der Waals surface area contributed by atoms with Crippen molar-refractivity contribution in [3.63, 3.8) is 0 Å². The average Bonchev–Trinajstić information content (AvgIpc) is 2.21. The van der Waals surface area contributed by atoms with Crippen molar-refractivity contribution in [2.24, 2.45) is 0 Å². The molecule has 0 radical (unpaired) electrons. The van der Waals surface area contributed by atoms with Crippen molar-refractivity contribution < 1.29 is 46.6 Å². The summed E-state index contributed by atoms with van der Waals surface area (Å²) in [6.07, 6.45) is 0. The van der Waals surface area contributed by atoms with E-state index in [0.29, 0.717) is 5.57 Å². The molecule has 0 fully saturated rings. The second-order valence-electron chi connectivity index (χ2n) is 2.36. The summed E-state index contributed by atoms with van der Waals surface area (Å²) >= 11 is 0. The first-order chi connectivity index (χ1) is 7.92. The van der Waals surface area contributed by atoms with Crippen LogP contribution in [0.25, 0.3) is 0 Å². The summed E-state index contributed by atoms with van der Waals surface area (Å²) in [5, 5.41) is 22.7. The molecular weight excluding hydrogens is 272 g/mol. The van der Waals surface area contributed by atoms with Crippen LogP contribution in [0.2, 0.25) is 0 Å². The molecule has 0 atom stereocenters. The summed E-state index contributed by atoms with van der Waals surface area (Å²) in [6.45, 7) is 14.3. The monoisotopic (exact) mass is 299 g/mol. The number of hydrogen-bond donors (Lipinski definition) is 3. The van der Waals surface area contributed by atoms with E-state index in [1.54, 1.807) is 27.7 Å². The van der Waals surface area contributed by atoms with Gasteiger partial charge in [0.2, 0.25) is 0 Å². The molecule has 3 N–H and O–H groups in total. The van der Waals surface area contributed by atoms with Crippen LogP contribution < -0.4 is 0 Å². The van der Waals surface area contributed by atoms with Crippen LogP contribution in [-0.4, -0.2) is 47.7 Å². The molecule has 0 aromatic carbocycles. The van der Waals surface area contributed by atoms with Gasteiger partial charge in [-0.3, -0.25) is 0 Å². The molecule has 0 rings (SSSR count). The van der Waals surface area contributed by atoms with Crippen molar-refractivity contribution in [1.82, 2.24) is 0 Å². The fourth-order valence-corrected chi connectivity index (χ4v) is 0.216. The van der Waals surface area contributed by atoms with Crippen molar-refractivity contribution in [2.45, 2.75) is 27.7 Å². The van der Waals surface area contributed by atoms with Crippen LogP contribution in [0, 0.1) is 6.92 Å². The Morgan fingerprint density at radius 3 is 1.39 bits per heavy atom. The van der Waals surface area contributed by atoms with Crippen molar-refractivity contribution in [2.75, 3.05) is 26.4 Å². The van der Waals surface area contributed by atoms with E-state index in [1.807, 2.05) is 0 Å². The standard InChI is InChI=1S/C6H9O2.3C2H6O.Ti/c1-4-8-6(7)5(2)3;3*1-2-3;/h1-2,4H2,3H3;3*3H,2H2,1H3;/q-1;;;;. The van der Waals surface area contributed by atoms with Gasteiger partial charge in [-0.2, -0.15) is 0 Å². The predicted molar refractivity (Wildman–Crippen MR) is 69.4 cm³/mol. The Labute approximate surface area is 126 Å². The Morgan fingerprint density at radius 2 is 1.33 bits per heavy atom. The number of esters is 1. The van der Waals surface area contributed by atoms with Crippen molar-refractivity contribution >= 4 is 5.97 Å². The summed E-state index contributed by atoms with van der Waals surface area (Å²) < 4.78 is 4.45. The first kappa shape index (κ1) is 30.7. The van der Waals surface area contributed by atoms with Gasteiger partial charge >= 0.3 is 5.97 Å². The summed E-state index contributed by atoms with van der Waals surface area (Å²) in [6, 6.07) is 0. The molecule has 0 spiro atoms. The second-order valence-corrected chi connectivity index (χ2v) is 2.36. The zero-order valence-corrected chi connectivity index (χ0v) is 13.5. The maximum Gasteiger partial charge on any atom is 0.330 e. The van der Waals surface area contributed by atoms with Crippen LogP contribution >= 0.6 is 0 Å². The van der Waals surface area contributed by atoms with Gasteiger partial charge in [0.1, 0.15) is 0 Å². The summed E-state index contributed by atoms with van der Waals surface area (Å²) in [7, 11) is 0. The number of aliphatic hydroxyl groups is 3. The summed E-state index contributed by atoms with van der Waals surface area (Å²) in [4.78, 5) is 10.4. The van der Waals surface area contributed by atoms with Gasteiger partial charge in [-0.05, 0) is 34.3 Å². The summed E-state index contributed by atoms with van der Waals surface area (Å²) in [5.41, 5.74) is 0.411. The Hall–Kier alpha value is -0.196. The molecule has 0 aliphatic carbocycles. The quantitative estimate of drug-likeness (QED) is 0.306. The maximum atomic E-state index is 10.4. The van der Waals surface area contributed by atoms with Gasteiger partial charge in [0, 0.05) is 47.1 Å². The van der Waals surface area contributed by atoms with Crippen LogP contribution in [0.15, 0.2) is 12.2 Å². The Bertz CT molecular complexity index is 147. The molecule has 0 aromatic heterocycles. The molecule has 0 saturated carbocycles. The van der Waals surface area contributed by atoms with Gasteiger partial charge in [-0.15, -0.1) is 0 Å². The Morgan fingerprint density at radius 1 is 1.11 bits per heavy atom. The van der Waals surface area contributed by atoms with E-state index in [9.17, 15) is 4.79 Å². The minimum absolute atomic E-state index is 0. The fraction of sp³-hybridized carbons (Fsp3) is 0.667. The van der Waals surface area contributed by atoms with E-state index >= 15 is 0 Å². The second kappa shape index (κ2) is 36.0. The topological polar surface area (TPSA) is 87.0 Å². The van der Waals surface area contributed by atoms with Crippen LogP contribution in [-0.2, 0) is 31.2 Å². The van der Waals surface area contributed by atoms with E-state index in [2.05, 4.69) is 18.2 Å². The van der Waals surface area contributed by atoms with Crippen LogP contribution in [0.4, 0.5) is 0 Å². The molecule has 0 bridgehead atoms. The SMILES string of the molecule is C=C(C)C(=O)OC[CH2-].CCO.CCO.CCO.[Ti]. The average molecular weight is 299 g/mol. The first-order valence-electron chi connectivity index (χ1n) is 5.37. The third-order valence-corrected chi connectivity index (χ3v) is 0.582. The normalized spacial score (nSPS) is 6.67. The summed E-state index contributed by atoms with van der Waals surface area (Å²) in [5.74, 6) is -0.375. The molecule has 0 amide bonds. The van der Waals surface area contributed by atoms with Crippen LogP contribution in [0.3, 0.4) is 0 Å². The van der Waals surface area contributed by atoms with E-state index in [0.717, 1.165) is 0 Å². The molecule has 6 heteroatoms. The predicted octanol–water partition coefficient (Wildman–Crippen LogP) is 0.933. The van der Waals surface area contributed by atoms with Crippen molar-refractivity contribution in [3.05, 3.63) is 19.1 Å². The van der Waals surface area contributed by atoms with Gasteiger partial charge in [-0.1, -0.05) is 6.58 Å². The van der Waals surface area contributed by atoms with Crippen molar-refractivity contribution in [1.29, 1.82) is 0 Å². The van der Waals surface area contributed by atoms with Crippen LogP contribution in [0.1, 0.15) is 27.7 Å². The maximum absolute atomic E-state index is 10.4. The van der Waals surface area contributed by atoms with Gasteiger partial charge in [0.25, 0.3) is 0 Å². The number of rotatable bonds is 2. The molecule has 5 nitrogen and oxygen atoms in total. The molecule has 0 aliphatic rings. The van der Waals surface area contributed by atoms with Gasteiger partial charge in [0.05, 0.1) is 0 Å². The third kappa shape index (κ3) is 74.8. The largest absolute Gasteiger partial charge is 0.496 e. The third-order valence-electron chi connectivity index (χ3n) is 0.582. The molecule has 18 heavy (non-hydrogen) atoms. The first-order valence-corrected chi connectivity index (χ1v) is 5.37. The smallest absolute Gasteiger partial charge is 0.330 e. The molecule has 0 heterocycles. The van der Waals surface area contributed by atoms with E-state index in [1.165, 1.54) is 0 Å². The van der Waals surface area contributed by atoms with E-state index in [-0.39, 0.29) is 54.1 Å². The fourth-order valence-electron chi connectivity index (χ4n) is 0.216. The van der Waals surface area contributed by atoms with E-state index in [4.69, 9.17) is 15.3 Å². The van der Waals surface area contributed by atoms with Crippen LogP contribution in [0.5, 0.6) is 0 Å². The minimum Gasteiger partial charge on any atom is -0.496 e. The van der Waals surface area contributed by atoms with Gasteiger partial charge < -0.3 is 27.0 Å².